The number of methoxy groups -OCH3 is 1. The predicted octanol–water partition coefficient (Wildman–Crippen LogP) is 2.80. The van der Waals surface area contributed by atoms with E-state index in [-0.39, 0.29) is 18.2 Å². The Hall–Kier alpha value is -2.64. The van der Waals surface area contributed by atoms with Gasteiger partial charge in [0.25, 0.3) is 5.91 Å². The van der Waals surface area contributed by atoms with Crippen LogP contribution < -0.4 is 5.32 Å². The van der Waals surface area contributed by atoms with Gasteiger partial charge in [-0.15, -0.1) is 0 Å². The maximum atomic E-state index is 12.6. The first-order valence-corrected chi connectivity index (χ1v) is 8.93. The van der Waals surface area contributed by atoms with Gasteiger partial charge in [0, 0.05) is 38.9 Å². The average Bonchev–Trinajstić information content (AvgIpc) is 3.22. The lowest BCUT2D eigenvalue weighted by Crippen LogP contribution is -2.35. The first-order chi connectivity index (χ1) is 13.2. The van der Waals surface area contributed by atoms with E-state index in [4.69, 9.17) is 13.9 Å². The fourth-order valence-corrected chi connectivity index (χ4v) is 2.47. The van der Waals surface area contributed by atoms with Gasteiger partial charge in [-0.1, -0.05) is 18.2 Å². The maximum Gasteiger partial charge on any atom is 0.257 e. The summed E-state index contributed by atoms with van der Waals surface area (Å²) >= 11 is 0. The van der Waals surface area contributed by atoms with Crippen molar-refractivity contribution in [3.05, 3.63) is 54.5 Å². The molecule has 2 aromatic rings. The third-order valence-electron chi connectivity index (χ3n) is 3.87. The molecule has 7 heteroatoms. The third kappa shape index (κ3) is 7.64. The molecular formula is C20H26N2O5. The van der Waals surface area contributed by atoms with E-state index in [1.165, 1.54) is 12.5 Å². The van der Waals surface area contributed by atoms with Crippen LogP contribution >= 0.6 is 0 Å². The van der Waals surface area contributed by atoms with Crippen molar-refractivity contribution in [3.8, 4) is 0 Å². The fraction of sp³-hybridized carbons (Fsp3) is 0.400. The number of para-hydroxylation sites is 1. The number of hydrogen-bond acceptors (Lipinski definition) is 5. The minimum atomic E-state index is -0.159. The Morgan fingerprint density at radius 1 is 1.07 bits per heavy atom. The smallest absolute Gasteiger partial charge is 0.257 e. The van der Waals surface area contributed by atoms with E-state index in [1.54, 1.807) is 18.1 Å². The lowest BCUT2D eigenvalue weighted by atomic mass is 10.2. The highest BCUT2D eigenvalue weighted by Crippen LogP contribution is 2.09. The molecule has 0 bridgehead atoms. The van der Waals surface area contributed by atoms with Gasteiger partial charge in [0.1, 0.15) is 6.26 Å². The van der Waals surface area contributed by atoms with E-state index < -0.39 is 0 Å². The molecule has 0 aliphatic rings. The van der Waals surface area contributed by atoms with Crippen molar-refractivity contribution in [1.82, 2.24) is 4.90 Å². The normalized spacial score (nSPS) is 10.6. The number of nitrogens with zero attached hydrogens (tertiary/aromatic N) is 1. The first-order valence-electron chi connectivity index (χ1n) is 8.93. The van der Waals surface area contributed by atoms with Crippen LogP contribution in [-0.4, -0.2) is 56.7 Å². The van der Waals surface area contributed by atoms with Gasteiger partial charge in [-0.05, 0) is 24.6 Å². The lowest BCUT2D eigenvalue weighted by Gasteiger charge is -2.22. The number of ether oxygens (including phenoxy) is 2. The lowest BCUT2D eigenvalue weighted by molar-refractivity contribution is -0.116. The Bertz CT molecular complexity index is 673. The molecule has 2 amide bonds. The van der Waals surface area contributed by atoms with Crippen molar-refractivity contribution in [2.24, 2.45) is 0 Å². The summed E-state index contributed by atoms with van der Waals surface area (Å²) in [6.45, 7) is 2.40. The van der Waals surface area contributed by atoms with E-state index >= 15 is 0 Å². The number of benzene rings is 1. The van der Waals surface area contributed by atoms with Crippen LogP contribution in [0.3, 0.4) is 0 Å². The number of furan rings is 1. The number of carbonyl (C=O) groups is 2. The number of hydrogen-bond donors (Lipinski definition) is 1. The van der Waals surface area contributed by atoms with Gasteiger partial charge in [0.2, 0.25) is 5.91 Å². The molecule has 0 spiro atoms. The number of anilines is 1. The molecule has 0 fully saturated rings. The molecule has 1 aromatic heterocycles. The second-order valence-electron chi connectivity index (χ2n) is 5.93. The molecule has 0 saturated carbocycles. The van der Waals surface area contributed by atoms with Gasteiger partial charge >= 0.3 is 0 Å². The summed E-state index contributed by atoms with van der Waals surface area (Å²) in [4.78, 5) is 26.4. The molecule has 2 rings (SSSR count). The van der Waals surface area contributed by atoms with E-state index in [1.807, 2.05) is 30.3 Å². The summed E-state index contributed by atoms with van der Waals surface area (Å²) in [5.74, 6) is -0.296. The fourth-order valence-electron chi connectivity index (χ4n) is 2.47. The van der Waals surface area contributed by atoms with Gasteiger partial charge in [-0.25, -0.2) is 0 Å². The Kier molecular flexibility index (Phi) is 9.09. The molecular weight excluding hydrogens is 348 g/mol. The maximum absolute atomic E-state index is 12.6. The second kappa shape index (κ2) is 11.9. The van der Waals surface area contributed by atoms with Crippen LogP contribution in [0.5, 0.6) is 0 Å². The minimum absolute atomic E-state index is 0.137. The Labute approximate surface area is 159 Å². The summed E-state index contributed by atoms with van der Waals surface area (Å²) in [7, 11) is 1.62. The highest BCUT2D eigenvalue weighted by molar-refractivity contribution is 5.95. The number of rotatable bonds is 12. The molecule has 0 atom stereocenters. The average molecular weight is 374 g/mol. The van der Waals surface area contributed by atoms with Gasteiger partial charge in [-0.2, -0.15) is 0 Å². The molecule has 146 valence electrons. The monoisotopic (exact) mass is 374 g/mol. The quantitative estimate of drug-likeness (QED) is 0.578. The predicted molar refractivity (Wildman–Crippen MR) is 102 cm³/mol. The van der Waals surface area contributed by atoms with E-state index in [9.17, 15) is 9.59 Å². The Balaban J connectivity index is 1.83. The van der Waals surface area contributed by atoms with Crippen molar-refractivity contribution in [2.45, 2.75) is 12.8 Å². The van der Waals surface area contributed by atoms with Crippen molar-refractivity contribution < 1.29 is 23.5 Å². The number of carbonyl (C=O) groups excluding carboxylic acids is 2. The summed E-state index contributed by atoms with van der Waals surface area (Å²) in [6.07, 6.45) is 3.76. The van der Waals surface area contributed by atoms with Gasteiger partial charge in [0.05, 0.1) is 25.0 Å². The van der Waals surface area contributed by atoms with Crippen molar-refractivity contribution in [2.75, 3.05) is 45.3 Å². The van der Waals surface area contributed by atoms with E-state index in [2.05, 4.69) is 5.32 Å². The molecule has 0 unspecified atom stereocenters. The van der Waals surface area contributed by atoms with Crippen LogP contribution in [0.25, 0.3) is 0 Å². The summed E-state index contributed by atoms with van der Waals surface area (Å²) in [5, 5.41) is 2.83. The Morgan fingerprint density at radius 2 is 1.89 bits per heavy atom. The largest absolute Gasteiger partial charge is 0.472 e. The zero-order valence-electron chi connectivity index (χ0n) is 15.6. The van der Waals surface area contributed by atoms with Gasteiger partial charge in [-0.3, -0.25) is 9.59 Å². The third-order valence-corrected chi connectivity index (χ3v) is 3.87. The van der Waals surface area contributed by atoms with E-state index in [0.29, 0.717) is 44.9 Å². The van der Waals surface area contributed by atoms with E-state index in [0.717, 1.165) is 5.69 Å². The van der Waals surface area contributed by atoms with Crippen molar-refractivity contribution >= 4 is 17.5 Å². The second-order valence-corrected chi connectivity index (χ2v) is 5.93. The highest BCUT2D eigenvalue weighted by Gasteiger charge is 2.17. The molecule has 1 N–H and O–H groups in total. The van der Waals surface area contributed by atoms with Crippen LogP contribution in [0, 0.1) is 0 Å². The standard InChI is InChI=1S/C20H26N2O5/c1-25-14-15-26-12-5-10-22(20(24)17-9-13-27-16-17)11-8-19(23)21-18-6-3-2-4-7-18/h2-4,6-7,9,13,16H,5,8,10-12,14-15H2,1H3,(H,21,23). The molecule has 1 aromatic carbocycles. The summed E-state index contributed by atoms with van der Waals surface area (Å²) in [5.41, 5.74) is 1.21. The van der Waals surface area contributed by atoms with Crippen LogP contribution in [0.15, 0.2) is 53.3 Å². The highest BCUT2D eigenvalue weighted by atomic mass is 16.5. The molecule has 1 heterocycles. The van der Waals surface area contributed by atoms with Crippen LogP contribution in [0.4, 0.5) is 5.69 Å². The van der Waals surface area contributed by atoms with Crippen molar-refractivity contribution in [1.29, 1.82) is 0 Å². The molecule has 0 radical (unpaired) electrons. The van der Waals surface area contributed by atoms with Gasteiger partial charge in [0.15, 0.2) is 0 Å². The van der Waals surface area contributed by atoms with Crippen LogP contribution in [0.1, 0.15) is 23.2 Å². The molecule has 0 saturated heterocycles. The Morgan fingerprint density at radius 3 is 2.59 bits per heavy atom. The summed E-state index contributed by atoms with van der Waals surface area (Å²) in [6, 6.07) is 10.9. The van der Waals surface area contributed by atoms with Crippen LogP contribution in [-0.2, 0) is 14.3 Å². The minimum Gasteiger partial charge on any atom is -0.472 e. The first kappa shape index (κ1) is 20.7. The van der Waals surface area contributed by atoms with Gasteiger partial charge < -0.3 is 24.1 Å². The number of nitrogens with one attached hydrogen (secondary N) is 1. The zero-order chi connectivity index (χ0) is 19.3. The molecule has 0 aliphatic carbocycles. The SMILES string of the molecule is COCCOCCCN(CCC(=O)Nc1ccccc1)C(=O)c1ccoc1. The summed E-state index contributed by atoms with van der Waals surface area (Å²) < 4.78 is 15.4. The molecule has 7 nitrogen and oxygen atoms in total. The molecule has 27 heavy (non-hydrogen) atoms. The van der Waals surface area contributed by atoms with Crippen LogP contribution in [0.2, 0.25) is 0 Å². The number of amides is 2. The zero-order valence-corrected chi connectivity index (χ0v) is 15.6. The molecule has 0 aliphatic heterocycles. The van der Waals surface area contributed by atoms with Crippen molar-refractivity contribution in [3.63, 3.8) is 0 Å². The topological polar surface area (TPSA) is 81.0 Å².